The molecule has 0 fully saturated rings. The molecule has 37 heavy (non-hydrogen) atoms. The molecule has 2 amide bonds. The van der Waals surface area contributed by atoms with Crippen molar-refractivity contribution in [1.29, 1.82) is 0 Å². The highest BCUT2D eigenvalue weighted by Gasteiger charge is 2.15. The second-order valence-electron chi connectivity index (χ2n) is 8.27. The van der Waals surface area contributed by atoms with E-state index in [1.54, 1.807) is 25.6 Å². The smallest absolute Gasteiger partial charge is 0.412 e. The summed E-state index contributed by atoms with van der Waals surface area (Å²) in [7, 11) is 1.57. The number of aromatic nitrogens is 2. The van der Waals surface area contributed by atoms with E-state index < -0.39 is 12.0 Å². The van der Waals surface area contributed by atoms with Gasteiger partial charge in [-0.2, -0.15) is 0 Å². The Labute approximate surface area is 215 Å². The van der Waals surface area contributed by atoms with Crippen molar-refractivity contribution in [3.05, 3.63) is 119 Å². The van der Waals surface area contributed by atoms with E-state index in [1.165, 1.54) is 0 Å². The Kier molecular flexibility index (Phi) is 8.33. The molecule has 188 valence electrons. The van der Waals surface area contributed by atoms with Gasteiger partial charge in [-0.05, 0) is 41.8 Å². The van der Waals surface area contributed by atoms with Crippen LogP contribution in [-0.2, 0) is 22.7 Å². The summed E-state index contributed by atoms with van der Waals surface area (Å²) in [5.74, 6) is 0.135. The van der Waals surface area contributed by atoms with Gasteiger partial charge in [-0.25, -0.2) is 9.78 Å². The minimum absolute atomic E-state index is 0.0438. The fourth-order valence-corrected chi connectivity index (χ4v) is 3.62. The summed E-state index contributed by atoms with van der Waals surface area (Å²) in [5, 5.41) is 5.44. The van der Waals surface area contributed by atoms with Crippen LogP contribution in [0.5, 0.6) is 5.75 Å². The maximum absolute atomic E-state index is 13.1. The Morgan fingerprint density at radius 3 is 2.32 bits per heavy atom. The molecular formula is C29H28N4O4. The molecule has 2 N–H and O–H groups in total. The van der Waals surface area contributed by atoms with Gasteiger partial charge in [0.1, 0.15) is 18.1 Å². The van der Waals surface area contributed by atoms with Crippen molar-refractivity contribution in [3.8, 4) is 11.4 Å². The minimum atomic E-state index is -0.734. The first-order chi connectivity index (χ1) is 18.0. The predicted octanol–water partition coefficient (Wildman–Crippen LogP) is 4.77. The van der Waals surface area contributed by atoms with Crippen LogP contribution in [-0.4, -0.2) is 28.7 Å². The van der Waals surface area contributed by atoms with E-state index in [9.17, 15) is 9.59 Å². The van der Waals surface area contributed by atoms with Crippen LogP contribution in [0.2, 0.25) is 0 Å². The summed E-state index contributed by atoms with van der Waals surface area (Å²) in [6.45, 7) is 2.29. The summed E-state index contributed by atoms with van der Waals surface area (Å²) in [6.07, 6.45) is 4.44. The van der Waals surface area contributed by atoms with E-state index in [4.69, 9.17) is 9.47 Å². The number of nitrogens with one attached hydrogen (secondary N) is 2. The van der Waals surface area contributed by atoms with E-state index >= 15 is 0 Å². The maximum Gasteiger partial charge on any atom is 0.412 e. The van der Waals surface area contributed by atoms with Crippen LogP contribution in [0.15, 0.2) is 97.1 Å². The normalized spacial score (nSPS) is 11.0. The van der Waals surface area contributed by atoms with Gasteiger partial charge in [0.25, 0.3) is 5.91 Å². The molecule has 0 atom stereocenters. The number of rotatable bonds is 9. The van der Waals surface area contributed by atoms with Gasteiger partial charge in [0.15, 0.2) is 0 Å². The van der Waals surface area contributed by atoms with Crippen molar-refractivity contribution < 1.29 is 19.1 Å². The number of ether oxygens (including phenoxy) is 2. The van der Waals surface area contributed by atoms with E-state index in [0.29, 0.717) is 17.9 Å². The second kappa shape index (κ2) is 12.2. The van der Waals surface area contributed by atoms with Crippen molar-refractivity contribution in [2.24, 2.45) is 0 Å². The molecule has 4 rings (SSSR count). The highest BCUT2D eigenvalue weighted by molar-refractivity contribution is 6.00. The van der Waals surface area contributed by atoms with E-state index in [2.05, 4.69) is 15.6 Å². The lowest BCUT2D eigenvalue weighted by Crippen LogP contribution is -2.34. The third-order valence-electron chi connectivity index (χ3n) is 5.49. The van der Waals surface area contributed by atoms with Gasteiger partial charge in [-0.1, -0.05) is 66.7 Å². The molecule has 8 nitrogen and oxygen atoms in total. The van der Waals surface area contributed by atoms with Gasteiger partial charge in [0, 0.05) is 12.7 Å². The third-order valence-corrected chi connectivity index (χ3v) is 5.49. The molecule has 0 aliphatic rings. The number of methoxy groups -OCH3 is 1. The Morgan fingerprint density at radius 2 is 1.68 bits per heavy atom. The largest absolute Gasteiger partial charge is 0.495 e. The first kappa shape index (κ1) is 25.2. The van der Waals surface area contributed by atoms with Crippen molar-refractivity contribution in [1.82, 2.24) is 20.2 Å². The molecule has 3 aromatic carbocycles. The molecule has 1 aromatic heterocycles. The van der Waals surface area contributed by atoms with Crippen LogP contribution >= 0.6 is 0 Å². The van der Waals surface area contributed by atoms with Gasteiger partial charge in [0.2, 0.25) is 0 Å². The van der Waals surface area contributed by atoms with Crippen LogP contribution in [0.3, 0.4) is 0 Å². The van der Waals surface area contributed by atoms with Crippen molar-refractivity contribution >= 4 is 18.1 Å². The van der Waals surface area contributed by atoms with Gasteiger partial charge < -0.3 is 19.4 Å². The SMILES string of the molecule is COc1cc(/C=C(/NC(=O)OCc2ccccc2)C(=O)NCc2ccccc2)ccc1-n1cnc(C)c1. The molecular weight excluding hydrogens is 468 g/mol. The Morgan fingerprint density at radius 1 is 0.973 bits per heavy atom. The number of benzene rings is 3. The van der Waals surface area contributed by atoms with Gasteiger partial charge >= 0.3 is 6.09 Å². The third kappa shape index (κ3) is 7.08. The number of nitrogens with zero attached hydrogens (tertiary/aromatic N) is 2. The molecule has 4 aromatic rings. The first-order valence-electron chi connectivity index (χ1n) is 11.7. The van der Waals surface area contributed by atoms with Crippen molar-refractivity contribution in [2.45, 2.75) is 20.1 Å². The average molecular weight is 497 g/mol. The number of alkyl carbamates (subject to hydrolysis) is 1. The van der Waals surface area contributed by atoms with Crippen LogP contribution in [0, 0.1) is 6.92 Å². The predicted molar refractivity (Wildman–Crippen MR) is 141 cm³/mol. The standard InChI is InChI=1S/C29H28N4O4/c1-21-18-33(20-31-21)26-14-13-24(16-27(26)36-2)15-25(28(34)30-17-22-9-5-3-6-10-22)32-29(35)37-19-23-11-7-4-8-12-23/h3-16,18,20H,17,19H2,1-2H3,(H,30,34)(H,32,35)/b25-15+. The molecule has 8 heteroatoms. The fourth-order valence-electron chi connectivity index (χ4n) is 3.62. The molecule has 0 bridgehead atoms. The number of aryl methyl sites for hydroxylation is 1. The van der Waals surface area contributed by atoms with Gasteiger partial charge in [-0.15, -0.1) is 0 Å². The van der Waals surface area contributed by atoms with E-state index in [0.717, 1.165) is 22.5 Å². The molecule has 0 radical (unpaired) electrons. The molecule has 0 spiro atoms. The molecule has 0 saturated heterocycles. The zero-order chi connectivity index (χ0) is 26.0. The Hall–Kier alpha value is -4.85. The van der Waals surface area contributed by atoms with Crippen LogP contribution in [0.25, 0.3) is 11.8 Å². The van der Waals surface area contributed by atoms with Gasteiger partial charge in [-0.3, -0.25) is 10.1 Å². The number of hydrogen-bond donors (Lipinski definition) is 2. The highest BCUT2D eigenvalue weighted by Crippen LogP contribution is 2.25. The second-order valence-corrected chi connectivity index (χ2v) is 8.27. The minimum Gasteiger partial charge on any atom is -0.495 e. The molecule has 0 unspecified atom stereocenters. The summed E-state index contributed by atoms with van der Waals surface area (Å²) in [5.41, 5.74) is 4.15. The lowest BCUT2D eigenvalue weighted by Gasteiger charge is -2.13. The van der Waals surface area contributed by atoms with E-state index in [-0.39, 0.29) is 12.3 Å². The Balaban J connectivity index is 1.55. The summed E-state index contributed by atoms with van der Waals surface area (Å²) in [4.78, 5) is 29.9. The lowest BCUT2D eigenvalue weighted by atomic mass is 10.1. The molecule has 0 aliphatic carbocycles. The zero-order valence-electron chi connectivity index (χ0n) is 20.7. The van der Waals surface area contributed by atoms with Gasteiger partial charge in [0.05, 0.1) is 24.8 Å². The zero-order valence-corrected chi connectivity index (χ0v) is 20.7. The lowest BCUT2D eigenvalue weighted by molar-refractivity contribution is -0.117. The number of imidazole rings is 1. The Bertz CT molecular complexity index is 1380. The molecule has 1 heterocycles. The fraction of sp³-hybridized carbons (Fsp3) is 0.138. The van der Waals surface area contributed by atoms with Crippen LogP contribution in [0.1, 0.15) is 22.4 Å². The van der Waals surface area contributed by atoms with Crippen LogP contribution in [0.4, 0.5) is 4.79 Å². The molecule has 0 saturated carbocycles. The number of amides is 2. The van der Waals surface area contributed by atoms with Crippen molar-refractivity contribution in [3.63, 3.8) is 0 Å². The molecule has 0 aliphatic heterocycles. The summed E-state index contributed by atoms with van der Waals surface area (Å²) < 4.78 is 12.8. The summed E-state index contributed by atoms with van der Waals surface area (Å²) >= 11 is 0. The monoisotopic (exact) mass is 496 g/mol. The number of carbonyl (C=O) groups is 2. The topological polar surface area (TPSA) is 94.5 Å². The number of hydrogen-bond acceptors (Lipinski definition) is 5. The van der Waals surface area contributed by atoms with Crippen LogP contribution < -0.4 is 15.4 Å². The summed E-state index contributed by atoms with van der Waals surface area (Å²) in [6, 6.07) is 24.3. The van der Waals surface area contributed by atoms with E-state index in [1.807, 2.05) is 90.5 Å². The number of carbonyl (C=O) groups excluding carboxylic acids is 2. The first-order valence-corrected chi connectivity index (χ1v) is 11.7. The average Bonchev–Trinajstić information content (AvgIpc) is 3.37. The quantitative estimate of drug-likeness (QED) is 0.326. The highest BCUT2D eigenvalue weighted by atomic mass is 16.5. The van der Waals surface area contributed by atoms with Crippen molar-refractivity contribution in [2.75, 3.05) is 7.11 Å². The maximum atomic E-state index is 13.1.